The van der Waals surface area contributed by atoms with Crippen LogP contribution >= 0.6 is 15.9 Å². The van der Waals surface area contributed by atoms with Crippen LogP contribution in [0.5, 0.6) is 0 Å². The third-order valence-electron chi connectivity index (χ3n) is 3.61. The number of carbonyl (C=O) groups excluding carboxylic acids is 1. The molecule has 100 valence electrons. The SMILES string of the molecule is Cc1c(Br)cccc1C(=O)NC(C)(CN)C(C)C. The van der Waals surface area contributed by atoms with E-state index < -0.39 is 0 Å². The van der Waals surface area contributed by atoms with Gasteiger partial charge in [0.15, 0.2) is 0 Å². The fourth-order valence-corrected chi connectivity index (χ4v) is 1.98. The van der Waals surface area contributed by atoms with Crippen LogP contribution in [0.4, 0.5) is 0 Å². The van der Waals surface area contributed by atoms with Gasteiger partial charge in [-0.2, -0.15) is 0 Å². The molecule has 0 aromatic heterocycles. The molecule has 0 aliphatic heterocycles. The van der Waals surface area contributed by atoms with Gasteiger partial charge in [-0.1, -0.05) is 35.8 Å². The van der Waals surface area contributed by atoms with Gasteiger partial charge in [-0.3, -0.25) is 4.79 Å². The third kappa shape index (κ3) is 3.12. The summed E-state index contributed by atoms with van der Waals surface area (Å²) >= 11 is 3.44. The van der Waals surface area contributed by atoms with Crippen LogP contribution in [0.1, 0.15) is 36.7 Å². The average Bonchev–Trinajstić information content (AvgIpc) is 2.32. The van der Waals surface area contributed by atoms with Crippen molar-refractivity contribution in [3.63, 3.8) is 0 Å². The number of nitrogens with two attached hydrogens (primary N) is 1. The molecule has 0 saturated heterocycles. The standard InChI is InChI=1S/C14H21BrN2O/c1-9(2)14(4,8-16)17-13(18)11-6-5-7-12(15)10(11)3/h5-7,9H,8,16H2,1-4H3,(H,17,18). The van der Waals surface area contributed by atoms with Crippen molar-refractivity contribution in [2.75, 3.05) is 6.54 Å². The van der Waals surface area contributed by atoms with Gasteiger partial charge in [0.25, 0.3) is 5.91 Å². The molecule has 0 radical (unpaired) electrons. The normalized spacial score (nSPS) is 14.4. The highest BCUT2D eigenvalue weighted by Gasteiger charge is 2.29. The third-order valence-corrected chi connectivity index (χ3v) is 4.47. The first-order chi connectivity index (χ1) is 8.31. The Hall–Kier alpha value is -0.870. The molecule has 1 rings (SSSR count). The van der Waals surface area contributed by atoms with Crippen LogP contribution in [0.15, 0.2) is 22.7 Å². The maximum atomic E-state index is 12.3. The van der Waals surface area contributed by atoms with E-state index in [1.54, 1.807) is 0 Å². The predicted molar refractivity (Wildman–Crippen MR) is 78.6 cm³/mol. The Balaban J connectivity index is 2.99. The van der Waals surface area contributed by atoms with Crippen molar-refractivity contribution in [3.8, 4) is 0 Å². The summed E-state index contributed by atoms with van der Waals surface area (Å²) in [6, 6.07) is 5.62. The van der Waals surface area contributed by atoms with Crippen LogP contribution < -0.4 is 11.1 Å². The molecule has 1 aromatic carbocycles. The highest BCUT2D eigenvalue weighted by atomic mass is 79.9. The summed E-state index contributed by atoms with van der Waals surface area (Å²) in [6.45, 7) is 8.43. The topological polar surface area (TPSA) is 55.1 Å². The average molecular weight is 313 g/mol. The second kappa shape index (κ2) is 5.85. The van der Waals surface area contributed by atoms with Gasteiger partial charge in [0.2, 0.25) is 0 Å². The highest BCUT2D eigenvalue weighted by molar-refractivity contribution is 9.10. The monoisotopic (exact) mass is 312 g/mol. The van der Waals surface area contributed by atoms with Crippen LogP contribution in [0.25, 0.3) is 0 Å². The van der Waals surface area contributed by atoms with Crippen molar-refractivity contribution in [1.29, 1.82) is 0 Å². The van der Waals surface area contributed by atoms with Crippen molar-refractivity contribution < 1.29 is 4.79 Å². The van der Waals surface area contributed by atoms with Crippen molar-refractivity contribution >= 4 is 21.8 Å². The number of hydrogen-bond donors (Lipinski definition) is 2. The molecule has 0 spiro atoms. The van der Waals surface area contributed by atoms with Gasteiger partial charge in [-0.15, -0.1) is 0 Å². The van der Waals surface area contributed by atoms with E-state index in [2.05, 4.69) is 35.1 Å². The maximum Gasteiger partial charge on any atom is 0.252 e. The van der Waals surface area contributed by atoms with E-state index in [1.807, 2.05) is 32.0 Å². The largest absolute Gasteiger partial charge is 0.345 e. The van der Waals surface area contributed by atoms with Crippen molar-refractivity contribution in [2.24, 2.45) is 11.7 Å². The van der Waals surface area contributed by atoms with E-state index >= 15 is 0 Å². The summed E-state index contributed by atoms with van der Waals surface area (Å²) in [7, 11) is 0. The Bertz CT molecular complexity index is 445. The molecule has 0 aliphatic rings. The summed E-state index contributed by atoms with van der Waals surface area (Å²) in [5, 5.41) is 3.04. The van der Waals surface area contributed by atoms with Crippen molar-refractivity contribution in [1.82, 2.24) is 5.32 Å². The number of amides is 1. The summed E-state index contributed by atoms with van der Waals surface area (Å²) in [5.74, 6) is 0.203. The Labute approximate surface area is 117 Å². The minimum Gasteiger partial charge on any atom is -0.345 e. The molecule has 0 bridgehead atoms. The molecule has 18 heavy (non-hydrogen) atoms. The Morgan fingerprint density at radius 1 is 1.50 bits per heavy atom. The summed E-state index contributed by atoms with van der Waals surface area (Å²) in [5.41, 5.74) is 7.02. The minimum absolute atomic E-state index is 0.0737. The lowest BCUT2D eigenvalue weighted by molar-refractivity contribution is 0.0882. The van der Waals surface area contributed by atoms with Gasteiger partial charge in [-0.05, 0) is 37.5 Å². The number of nitrogens with one attached hydrogen (secondary N) is 1. The number of hydrogen-bond acceptors (Lipinski definition) is 2. The molecule has 1 amide bonds. The fraction of sp³-hybridized carbons (Fsp3) is 0.500. The quantitative estimate of drug-likeness (QED) is 0.898. The maximum absolute atomic E-state index is 12.3. The Morgan fingerprint density at radius 2 is 2.11 bits per heavy atom. The van der Waals surface area contributed by atoms with Gasteiger partial charge < -0.3 is 11.1 Å². The number of carbonyl (C=O) groups is 1. The first-order valence-corrected chi connectivity index (χ1v) is 6.89. The smallest absolute Gasteiger partial charge is 0.252 e. The molecular weight excluding hydrogens is 292 g/mol. The molecule has 3 N–H and O–H groups in total. The van der Waals surface area contributed by atoms with Crippen molar-refractivity contribution in [3.05, 3.63) is 33.8 Å². The zero-order valence-electron chi connectivity index (χ0n) is 11.4. The predicted octanol–water partition coefficient (Wildman–Crippen LogP) is 2.86. The zero-order valence-corrected chi connectivity index (χ0v) is 13.0. The van der Waals surface area contributed by atoms with E-state index in [0.717, 1.165) is 10.0 Å². The van der Waals surface area contributed by atoms with Crippen molar-refractivity contribution in [2.45, 2.75) is 33.2 Å². The lowest BCUT2D eigenvalue weighted by atomic mass is 9.88. The van der Waals surface area contributed by atoms with Gasteiger partial charge in [0, 0.05) is 16.6 Å². The number of halogens is 1. The second-order valence-electron chi connectivity index (χ2n) is 5.14. The molecular formula is C14H21BrN2O. The second-order valence-corrected chi connectivity index (χ2v) is 6.00. The van der Waals surface area contributed by atoms with Crippen LogP contribution in [-0.2, 0) is 0 Å². The van der Waals surface area contributed by atoms with E-state index in [9.17, 15) is 4.79 Å². The molecule has 0 saturated carbocycles. The molecule has 4 heteroatoms. The number of benzene rings is 1. The van der Waals surface area contributed by atoms with Crippen LogP contribution in [0.2, 0.25) is 0 Å². The number of rotatable bonds is 4. The van der Waals surface area contributed by atoms with Gasteiger partial charge >= 0.3 is 0 Å². The molecule has 1 unspecified atom stereocenters. The Morgan fingerprint density at radius 3 is 2.61 bits per heavy atom. The molecule has 1 aromatic rings. The van der Waals surface area contributed by atoms with Crippen LogP contribution in [-0.4, -0.2) is 18.0 Å². The van der Waals surface area contributed by atoms with E-state index in [0.29, 0.717) is 12.1 Å². The van der Waals surface area contributed by atoms with Gasteiger partial charge in [0.05, 0.1) is 5.54 Å². The summed E-state index contributed by atoms with van der Waals surface area (Å²) in [4.78, 5) is 12.3. The van der Waals surface area contributed by atoms with Crippen LogP contribution in [0, 0.1) is 12.8 Å². The van der Waals surface area contributed by atoms with E-state index in [-0.39, 0.29) is 17.4 Å². The lowest BCUT2D eigenvalue weighted by Gasteiger charge is -2.33. The van der Waals surface area contributed by atoms with Crippen LogP contribution in [0.3, 0.4) is 0 Å². The summed E-state index contributed by atoms with van der Waals surface area (Å²) < 4.78 is 0.939. The van der Waals surface area contributed by atoms with Gasteiger partial charge in [0.1, 0.15) is 0 Å². The van der Waals surface area contributed by atoms with E-state index in [4.69, 9.17) is 5.73 Å². The molecule has 0 heterocycles. The lowest BCUT2D eigenvalue weighted by Crippen LogP contribution is -2.55. The fourth-order valence-electron chi connectivity index (χ4n) is 1.61. The first-order valence-electron chi connectivity index (χ1n) is 6.09. The molecule has 3 nitrogen and oxygen atoms in total. The van der Waals surface area contributed by atoms with Gasteiger partial charge in [-0.25, -0.2) is 0 Å². The zero-order chi connectivity index (χ0) is 13.9. The Kier molecular flexibility index (Phi) is 4.93. The minimum atomic E-state index is -0.383. The molecule has 1 atom stereocenters. The molecule has 0 fully saturated rings. The highest BCUT2D eigenvalue weighted by Crippen LogP contribution is 2.21. The first kappa shape index (κ1) is 15.2. The molecule has 0 aliphatic carbocycles. The van der Waals surface area contributed by atoms with E-state index in [1.165, 1.54) is 0 Å². The summed E-state index contributed by atoms with van der Waals surface area (Å²) in [6.07, 6.45) is 0.